The van der Waals surface area contributed by atoms with E-state index >= 15 is 0 Å². The molecule has 1 atom stereocenters. The lowest BCUT2D eigenvalue weighted by Gasteiger charge is -2.20. The first-order valence-electron chi connectivity index (χ1n) is 6.81. The summed E-state index contributed by atoms with van der Waals surface area (Å²) < 4.78 is 0. The Bertz CT molecular complexity index is 466. The summed E-state index contributed by atoms with van der Waals surface area (Å²) in [6.07, 6.45) is 1.19. The third kappa shape index (κ3) is 3.67. The second kappa shape index (κ2) is 6.80. The van der Waals surface area contributed by atoms with Gasteiger partial charge in [0.05, 0.1) is 10.0 Å². The summed E-state index contributed by atoms with van der Waals surface area (Å²) in [6.45, 7) is 7.57. The minimum Gasteiger partial charge on any atom is -0.368 e. The van der Waals surface area contributed by atoms with Gasteiger partial charge in [-0.3, -0.25) is 0 Å². The zero-order valence-electron chi connectivity index (χ0n) is 11.8. The average molecular weight is 318 g/mol. The number of pyridine rings is 1. The highest BCUT2D eigenvalue weighted by Gasteiger charge is 2.24. The monoisotopic (exact) mass is 317 g/mol. The van der Waals surface area contributed by atoms with E-state index in [9.17, 15) is 0 Å². The van der Waals surface area contributed by atoms with E-state index in [0.29, 0.717) is 33.6 Å². The number of aromatic nitrogens is 1. The Balaban J connectivity index is 1.95. The van der Waals surface area contributed by atoms with Crippen LogP contribution in [-0.2, 0) is 0 Å². The molecule has 2 rings (SSSR count). The molecule has 2 heterocycles. The van der Waals surface area contributed by atoms with Gasteiger partial charge in [0.15, 0.2) is 5.82 Å². The summed E-state index contributed by atoms with van der Waals surface area (Å²) in [5, 5.41) is 4.21. The molecule has 0 aliphatic carbocycles. The van der Waals surface area contributed by atoms with Gasteiger partial charge >= 0.3 is 0 Å². The number of hydrogen-bond acceptors (Lipinski definition) is 5. The molecule has 1 fully saturated rings. The highest BCUT2D eigenvalue weighted by molar-refractivity contribution is 6.37. The van der Waals surface area contributed by atoms with Crippen LogP contribution in [0.15, 0.2) is 6.07 Å². The highest BCUT2D eigenvalue weighted by Crippen LogP contribution is 2.29. The first kappa shape index (κ1) is 15.6. The molecule has 1 unspecified atom stereocenters. The lowest BCUT2D eigenvalue weighted by molar-refractivity contribution is 0.266. The molecule has 0 amide bonds. The van der Waals surface area contributed by atoms with Gasteiger partial charge in [-0.15, -0.1) is 0 Å². The summed E-state index contributed by atoms with van der Waals surface area (Å²) in [5.41, 5.74) is 2.46. The van der Waals surface area contributed by atoms with Crippen molar-refractivity contribution in [3.63, 3.8) is 0 Å². The van der Waals surface area contributed by atoms with Crippen LogP contribution in [0.1, 0.15) is 20.3 Å². The zero-order valence-corrected chi connectivity index (χ0v) is 13.3. The van der Waals surface area contributed by atoms with Crippen LogP contribution in [0.4, 0.5) is 11.6 Å². The van der Waals surface area contributed by atoms with Crippen molar-refractivity contribution in [3.8, 4) is 0 Å². The Labute approximate surface area is 129 Å². The Morgan fingerprint density at radius 3 is 2.70 bits per heavy atom. The van der Waals surface area contributed by atoms with Gasteiger partial charge in [-0.2, -0.15) is 0 Å². The van der Waals surface area contributed by atoms with Crippen molar-refractivity contribution in [1.29, 1.82) is 0 Å². The van der Waals surface area contributed by atoms with Gasteiger partial charge in [0.2, 0.25) is 0 Å². The highest BCUT2D eigenvalue weighted by atomic mass is 35.5. The first-order chi connectivity index (χ1) is 9.51. The van der Waals surface area contributed by atoms with Crippen molar-refractivity contribution in [2.75, 3.05) is 30.4 Å². The summed E-state index contributed by atoms with van der Waals surface area (Å²) in [4.78, 5) is 6.76. The number of likely N-dealkylation sites (tertiary alicyclic amines) is 1. The fourth-order valence-corrected chi connectivity index (χ4v) is 2.91. The molecule has 7 heteroatoms. The molecule has 1 aromatic heterocycles. The fraction of sp³-hybridized carbons (Fsp3) is 0.615. The van der Waals surface area contributed by atoms with Gasteiger partial charge in [-0.25, -0.2) is 10.8 Å². The van der Waals surface area contributed by atoms with Crippen LogP contribution in [0.2, 0.25) is 10.0 Å². The van der Waals surface area contributed by atoms with Crippen LogP contribution in [0.3, 0.4) is 0 Å². The largest absolute Gasteiger partial charge is 0.368 e. The van der Waals surface area contributed by atoms with Crippen LogP contribution in [0, 0.1) is 5.92 Å². The van der Waals surface area contributed by atoms with Crippen LogP contribution in [-0.4, -0.2) is 35.6 Å². The Morgan fingerprint density at radius 1 is 1.40 bits per heavy atom. The third-order valence-electron chi connectivity index (χ3n) is 3.67. The molecule has 0 radical (unpaired) electrons. The van der Waals surface area contributed by atoms with Crippen LogP contribution in [0.5, 0.6) is 0 Å². The quantitative estimate of drug-likeness (QED) is 0.575. The number of rotatable bonds is 5. The van der Waals surface area contributed by atoms with Gasteiger partial charge in [0.1, 0.15) is 5.82 Å². The minimum atomic E-state index is 0.412. The predicted octanol–water partition coefficient (Wildman–Crippen LogP) is 2.82. The molecule has 20 heavy (non-hydrogen) atoms. The Kier molecular flexibility index (Phi) is 5.32. The molecule has 5 nitrogen and oxygen atoms in total. The molecular formula is C13H21Cl2N5. The van der Waals surface area contributed by atoms with Crippen molar-refractivity contribution >= 4 is 34.8 Å². The van der Waals surface area contributed by atoms with E-state index in [1.165, 1.54) is 6.42 Å². The number of nitrogens with one attached hydrogen (secondary N) is 2. The lowest BCUT2D eigenvalue weighted by Crippen LogP contribution is -2.29. The lowest BCUT2D eigenvalue weighted by atomic mass is 10.1. The summed E-state index contributed by atoms with van der Waals surface area (Å²) in [7, 11) is 0. The fourth-order valence-electron chi connectivity index (χ4n) is 2.43. The molecule has 0 saturated carbocycles. The average Bonchev–Trinajstić information content (AvgIpc) is 2.87. The van der Waals surface area contributed by atoms with Crippen LogP contribution < -0.4 is 16.6 Å². The molecule has 0 spiro atoms. The number of hydrogen-bond donors (Lipinski definition) is 3. The summed E-state index contributed by atoms with van der Waals surface area (Å²) in [5.74, 6) is 7.02. The van der Waals surface area contributed by atoms with Crippen molar-refractivity contribution in [3.05, 3.63) is 16.1 Å². The molecular weight excluding hydrogens is 297 g/mol. The number of nitrogens with zero attached hydrogens (tertiary/aromatic N) is 2. The Hall–Kier alpha value is -0.750. The van der Waals surface area contributed by atoms with Crippen molar-refractivity contribution in [1.82, 2.24) is 9.88 Å². The van der Waals surface area contributed by atoms with Crippen molar-refractivity contribution in [2.45, 2.75) is 26.3 Å². The molecule has 1 saturated heterocycles. The second-order valence-corrected chi connectivity index (χ2v) is 6.23. The maximum Gasteiger partial charge on any atom is 0.161 e. The topological polar surface area (TPSA) is 66.2 Å². The standard InChI is InChI=1S/C13H21Cl2N5/c1-8(2)20-4-3-9(7-20)6-17-12-10(14)5-11(15)13(18-12)19-16/h5,8-9H,3-4,6-7,16H2,1-2H3,(H2,17,18,19). The molecule has 0 aromatic carbocycles. The van der Waals surface area contributed by atoms with Gasteiger partial charge < -0.3 is 15.6 Å². The van der Waals surface area contributed by atoms with E-state index in [4.69, 9.17) is 29.0 Å². The smallest absolute Gasteiger partial charge is 0.161 e. The SMILES string of the molecule is CC(C)N1CCC(CNc2nc(NN)c(Cl)cc2Cl)C1. The predicted molar refractivity (Wildman–Crippen MR) is 85.4 cm³/mol. The van der Waals surface area contributed by atoms with E-state index in [1.807, 2.05) is 0 Å². The van der Waals surface area contributed by atoms with Crippen LogP contribution >= 0.6 is 23.2 Å². The normalized spacial score (nSPS) is 19.6. The number of nitrogen functional groups attached to an aromatic ring is 1. The Morgan fingerprint density at radius 2 is 2.10 bits per heavy atom. The summed E-state index contributed by atoms with van der Waals surface area (Å²) >= 11 is 12.1. The van der Waals surface area contributed by atoms with E-state index in [1.54, 1.807) is 6.07 Å². The van der Waals surface area contributed by atoms with Crippen molar-refractivity contribution in [2.24, 2.45) is 11.8 Å². The maximum atomic E-state index is 6.13. The third-order valence-corrected chi connectivity index (χ3v) is 4.25. The van der Waals surface area contributed by atoms with E-state index in [0.717, 1.165) is 19.6 Å². The van der Waals surface area contributed by atoms with E-state index < -0.39 is 0 Å². The molecule has 4 N–H and O–H groups in total. The second-order valence-electron chi connectivity index (χ2n) is 5.42. The van der Waals surface area contributed by atoms with E-state index in [2.05, 4.69) is 34.5 Å². The molecule has 1 aliphatic rings. The number of hydrazine groups is 1. The minimum absolute atomic E-state index is 0.412. The van der Waals surface area contributed by atoms with Gasteiger partial charge in [0.25, 0.3) is 0 Å². The molecule has 0 bridgehead atoms. The van der Waals surface area contributed by atoms with Gasteiger partial charge in [-0.05, 0) is 38.8 Å². The molecule has 1 aliphatic heterocycles. The molecule has 1 aromatic rings. The van der Waals surface area contributed by atoms with E-state index in [-0.39, 0.29) is 0 Å². The number of halogens is 2. The van der Waals surface area contributed by atoms with Crippen molar-refractivity contribution < 1.29 is 0 Å². The van der Waals surface area contributed by atoms with Gasteiger partial charge in [0, 0.05) is 19.1 Å². The molecule has 112 valence electrons. The first-order valence-corrected chi connectivity index (χ1v) is 7.57. The van der Waals surface area contributed by atoms with Gasteiger partial charge in [-0.1, -0.05) is 23.2 Å². The summed E-state index contributed by atoms with van der Waals surface area (Å²) in [6, 6.07) is 2.24. The van der Waals surface area contributed by atoms with Crippen LogP contribution in [0.25, 0.3) is 0 Å². The zero-order chi connectivity index (χ0) is 14.7. The number of nitrogens with two attached hydrogens (primary N) is 1. The number of anilines is 2. The maximum absolute atomic E-state index is 6.13.